The Morgan fingerprint density at radius 1 is 0.952 bits per heavy atom. The summed E-state index contributed by atoms with van der Waals surface area (Å²) in [5, 5.41) is 2.87. The second-order valence-corrected chi connectivity index (χ2v) is 5.99. The minimum atomic E-state index is -4.41. The van der Waals surface area contributed by atoms with E-state index in [1.165, 1.54) is 18.2 Å². The Kier molecular flexibility index (Phi) is 4.93. The molecule has 1 nitrogen and oxygen atoms in total. The van der Waals surface area contributed by atoms with E-state index in [2.05, 4.69) is 37.2 Å². The Labute approximate surface area is 135 Å². The molecule has 21 heavy (non-hydrogen) atoms. The van der Waals surface area contributed by atoms with E-state index in [1.54, 1.807) is 6.07 Å². The van der Waals surface area contributed by atoms with Gasteiger partial charge in [-0.3, -0.25) is 0 Å². The molecule has 0 aromatic heterocycles. The van der Waals surface area contributed by atoms with Gasteiger partial charge in [-0.1, -0.05) is 15.9 Å². The molecule has 0 heterocycles. The summed E-state index contributed by atoms with van der Waals surface area (Å²) >= 11 is 6.46. The van der Waals surface area contributed by atoms with Gasteiger partial charge >= 0.3 is 6.18 Å². The Balaban J connectivity index is 2.22. The smallest absolute Gasteiger partial charge is 0.380 e. The molecule has 0 saturated heterocycles. The number of alkyl halides is 3. The summed E-state index contributed by atoms with van der Waals surface area (Å²) in [6, 6.07) is 7.50. The largest absolute Gasteiger partial charge is 0.416 e. The number of halogens is 6. The molecule has 0 saturated carbocycles. The summed E-state index contributed by atoms with van der Waals surface area (Å²) in [7, 11) is 0. The molecule has 0 aliphatic heterocycles. The molecule has 0 bridgehead atoms. The molecule has 0 unspecified atom stereocenters. The summed E-state index contributed by atoms with van der Waals surface area (Å²) in [5.41, 5.74) is 0.159. The number of anilines is 1. The first-order chi connectivity index (χ1) is 9.77. The van der Waals surface area contributed by atoms with Crippen molar-refractivity contribution in [2.24, 2.45) is 0 Å². The van der Waals surface area contributed by atoms with E-state index >= 15 is 0 Å². The van der Waals surface area contributed by atoms with Crippen LogP contribution in [-0.2, 0) is 12.7 Å². The molecule has 1 N–H and O–H groups in total. The van der Waals surface area contributed by atoms with Crippen molar-refractivity contribution < 1.29 is 17.6 Å². The highest BCUT2D eigenvalue weighted by Crippen LogP contribution is 2.34. The normalized spacial score (nSPS) is 11.5. The molecule has 112 valence electrons. The standard InChI is InChI=1S/C14H9Br2F4N/c15-11-4-2-10(17)5-8(11)7-21-13-6-9(14(18,19)20)1-3-12(13)16/h1-6,21H,7H2. The number of benzene rings is 2. The third kappa shape index (κ3) is 4.20. The van der Waals surface area contributed by atoms with E-state index in [9.17, 15) is 17.6 Å². The van der Waals surface area contributed by atoms with Crippen LogP contribution in [0.2, 0.25) is 0 Å². The monoisotopic (exact) mass is 425 g/mol. The Morgan fingerprint density at radius 2 is 1.62 bits per heavy atom. The first kappa shape index (κ1) is 16.3. The highest BCUT2D eigenvalue weighted by atomic mass is 79.9. The maximum atomic E-state index is 13.2. The molecule has 2 aromatic rings. The SMILES string of the molecule is Fc1ccc(Br)c(CNc2cc(C(F)(F)F)ccc2Br)c1. The Morgan fingerprint density at radius 3 is 2.29 bits per heavy atom. The van der Waals surface area contributed by atoms with Crippen LogP contribution in [0.15, 0.2) is 45.3 Å². The first-order valence-corrected chi connectivity index (χ1v) is 7.40. The Hall–Kier alpha value is -1.08. The number of hydrogen-bond acceptors (Lipinski definition) is 1. The van der Waals surface area contributed by atoms with Gasteiger partial charge in [0.1, 0.15) is 5.82 Å². The van der Waals surface area contributed by atoms with Crippen molar-refractivity contribution in [1.29, 1.82) is 0 Å². The van der Waals surface area contributed by atoms with Crippen LogP contribution in [0.1, 0.15) is 11.1 Å². The third-order valence-corrected chi connectivity index (χ3v) is 4.24. The lowest BCUT2D eigenvalue weighted by Gasteiger charge is -2.13. The summed E-state index contributed by atoms with van der Waals surface area (Å²) in [4.78, 5) is 0. The van der Waals surface area contributed by atoms with Gasteiger partial charge < -0.3 is 5.32 Å². The molecule has 0 radical (unpaired) electrons. The fraction of sp³-hybridized carbons (Fsp3) is 0.143. The van der Waals surface area contributed by atoms with Crippen molar-refractivity contribution in [3.8, 4) is 0 Å². The summed E-state index contributed by atoms with van der Waals surface area (Å²) in [6.45, 7) is 0.193. The lowest BCUT2D eigenvalue weighted by Crippen LogP contribution is -2.07. The maximum absolute atomic E-state index is 13.2. The molecule has 0 fully saturated rings. The molecule has 0 amide bonds. The van der Waals surface area contributed by atoms with Crippen LogP contribution >= 0.6 is 31.9 Å². The van der Waals surface area contributed by atoms with E-state index in [4.69, 9.17) is 0 Å². The van der Waals surface area contributed by atoms with Crippen molar-refractivity contribution in [3.05, 3.63) is 62.3 Å². The van der Waals surface area contributed by atoms with Crippen LogP contribution in [0.4, 0.5) is 23.2 Å². The van der Waals surface area contributed by atoms with Crippen LogP contribution in [0.5, 0.6) is 0 Å². The first-order valence-electron chi connectivity index (χ1n) is 5.82. The van der Waals surface area contributed by atoms with E-state index < -0.39 is 17.6 Å². The molecule has 0 aliphatic carbocycles. The molecule has 0 atom stereocenters. The fourth-order valence-electron chi connectivity index (χ4n) is 1.71. The van der Waals surface area contributed by atoms with Crippen LogP contribution in [0.25, 0.3) is 0 Å². The minimum absolute atomic E-state index is 0.193. The van der Waals surface area contributed by atoms with E-state index in [1.807, 2.05) is 0 Å². The van der Waals surface area contributed by atoms with Crippen molar-refractivity contribution in [1.82, 2.24) is 0 Å². The third-order valence-electron chi connectivity index (χ3n) is 2.77. The quantitative estimate of drug-likeness (QED) is 0.595. The lowest BCUT2D eigenvalue weighted by molar-refractivity contribution is -0.137. The summed E-state index contributed by atoms with van der Waals surface area (Å²) in [6.07, 6.45) is -4.41. The molecule has 7 heteroatoms. The second-order valence-electron chi connectivity index (χ2n) is 4.28. The van der Waals surface area contributed by atoms with Gasteiger partial charge in [-0.15, -0.1) is 0 Å². The number of rotatable bonds is 3. The topological polar surface area (TPSA) is 12.0 Å². The van der Waals surface area contributed by atoms with Gasteiger partial charge in [0.15, 0.2) is 0 Å². The average molecular weight is 427 g/mol. The van der Waals surface area contributed by atoms with Crippen LogP contribution < -0.4 is 5.32 Å². The molecule has 2 aromatic carbocycles. The summed E-state index contributed by atoms with van der Waals surface area (Å²) in [5.74, 6) is -0.405. The highest BCUT2D eigenvalue weighted by Gasteiger charge is 2.30. The predicted molar refractivity (Wildman–Crippen MR) is 80.6 cm³/mol. The maximum Gasteiger partial charge on any atom is 0.416 e. The lowest BCUT2D eigenvalue weighted by atomic mass is 10.1. The zero-order valence-corrected chi connectivity index (χ0v) is 13.6. The molecule has 0 spiro atoms. The Bertz CT molecular complexity index is 656. The highest BCUT2D eigenvalue weighted by molar-refractivity contribution is 9.10. The van der Waals surface area contributed by atoms with Gasteiger partial charge in [0, 0.05) is 21.2 Å². The van der Waals surface area contributed by atoms with Crippen molar-refractivity contribution >= 4 is 37.5 Å². The molecule has 0 aliphatic rings. The van der Waals surface area contributed by atoms with Crippen molar-refractivity contribution in [2.45, 2.75) is 12.7 Å². The van der Waals surface area contributed by atoms with Crippen LogP contribution in [-0.4, -0.2) is 0 Å². The molecular weight excluding hydrogens is 418 g/mol. The average Bonchev–Trinajstić information content (AvgIpc) is 2.40. The minimum Gasteiger partial charge on any atom is -0.380 e. The van der Waals surface area contributed by atoms with E-state index in [0.29, 0.717) is 20.2 Å². The van der Waals surface area contributed by atoms with Crippen molar-refractivity contribution in [2.75, 3.05) is 5.32 Å². The van der Waals surface area contributed by atoms with Gasteiger partial charge in [-0.25, -0.2) is 4.39 Å². The van der Waals surface area contributed by atoms with Crippen LogP contribution in [0.3, 0.4) is 0 Å². The summed E-state index contributed by atoms with van der Waals surface area (Å²) < 4.78 is 52.4. The van der Waals surface area contributed by atoms with Gasteiger partial charge in [0.2, 0.25) is 0 Å². The number of hydrogen-bond donors (Lipinski definition) is 1. The molecular formula is C14H9Br2F4N. The van der Waals surface area contributed by atoms with Crippen LogP contribution in [0, 0.1) is 5.82 Å². The number of nitrogens with one attached hydrogen (secondary N) is 1. The van der Waals surface area contributed by atoms with E-state index in [-0.39, 0.29) is 6.54 Å². The van der Waals surface area contributed by atoms with Gasteiger partial charge in [-0.2, -0.15) is 13.2 Å². The second kappa shape index (κ2) is 6.36. The van der Waals surface area contributed by atoms with Gasteiger partial charge in [0.05, 0.1) is 5.56 Å². The van der Waals surface area contributed by atoms with E-state index in [0.717, 1.165) is 12.1 Å². The zero-order valence-electron chi connectivity index (χ0n) is 10.4. The fourth-order valence-corrected chi connectivity index (χ4v) is 2.48. The molecule has 2 rings (SSSR count). The van der Waals surface area contributed by atoms with Crippen molar-refractivity contribution in [3.63, 3.8) is 0 Å². The zero-order chi connectivity index (χ0) is 15.6. The van der Waals surface area contributed by atoms with Gasteiger partial charge in [-0.05, 0) is 57.9 Å². The predicted octanol–water partition coefficient (Wildman–Crippen LogP) is 5.98. The van der Waals surface area contributed by atoms with Gasteiger partial charge in [0.25, 0.3) is 0 Å².